The number of amides is 1. The van der Waals surface area contributed by atoms with Gasteiger partial charge in [-0.15, -0.1) is 0 Å². The Labute approximate surface area is 151 Å². The van der Waals surface area contributed by atoms with Crippen LogP contribution in [-0.4, -0.2) is 17.7 Å². The maximum Gasteiger partial charge on any atom is 0.231 e. The largest absolute Gasteiger partial charge is 0.454 e. The minimum Gasteiger partial charge on any atom is -0.454 e. The molecular weight excluding hydrogens is 328 g/mol. The van der Waals surface area contributed by atoms with Crippen molar-refractivity contribution in [3.8, 4) is 11.5 Å². The average molecular weight is 346 g/mol. The van der Waals surface area contributed by atoms with Crippen molar-refractivity contribution in [3.05, 3.63) is 84.2 Å². The zero-order valence-electron chi connectivity index (χ0n) is 14.2. The lowest BCUT2D eigenvalue weighted by atomic mass is 10.1. The van der Waals surface area contributed by atoms with Gasteiger partial charge in [-0.1, -0.05) is 24.3 Å². The summed E-state index contributed by atoms with van der Waals surface area (Å²) in [6.45, 7) is 0.723. The second kappa shape index (κ2) is 7.27. The Hall–Kier alpha value is -3.34. The van der Waals surface area contributed by atoms with Crippen molar-refractivity contribution in [2.75, 3.05) is 11.7 Å². The monoisotopic (exact) mass is 346 g/mol. The molecule has 0 N–H and O–H groups in total. The Morgan fingerprint density at radius 3 is 2.50 bits per heavy atom. The summed E-state index contributed by atoms with van der Waals surface area (Å²) >= 11 is 0. The first kappa shape index (κ1) is 16.1. The van der Waals surface area contributed by atoms with E-state index in [0.717, 1.165) is 22.6 Å². The maximum absolute atomic E-state index is 13.1. The molecule has 0 unspecified atom stereocenters. The average Bonchev–Trinajstić information content (AvgIpc) is 3.15. The van der Waals surface area contributed by atoms with E-state index in [1.807, 2.05) is 60.7 Å². The predicted molar refractivity (Wildman–Crippen MR) is 98.1 cm³/mol. The van der Waals surface area contributed by atoms with Crippen molar-refractivity contribution in [2.45, 2.75) is 13.0 Å². The fraction of sp³-hybridized carbons (Fsp3) is 0.143. The van der Waals surface area contributed by atoms with Gasteiger partial charge in [0, 0.05) is 18.1 Å². The van der Waals surface area contributed by atoms with Gasteiger partial charge in [-0.05, 0) is 47.5 Å². The molecule has 0 fully saturated rings. The number of rotatable bonds is 5. The Morgan fingerprint density at radius 1 is 0.923 bits per heavy atom. The molecule has 2 heterocycles. The minimum absolute atomic E-state index is 0.0203. The van der Waals surface area contributed by atoms with Gasteiger partial charge in [0.25, 0.3) is 0 Å². The highest BCUT2D eigenvalue weighted by atomic mass is 16.7. The Balaban J connectivity index is 1.57. The number of ether oxygens (including phenoxy) is 2. The lowest BCUT2D eigenvalue weighted by Crippen LogP contribution is -2.31. The van der Waals surface area contributed by atoms with Crippen LogP contribution in [0.2, 0.25) is 0 Å². The SMILES string of the molecule is O=C(Cc1ccc2c(c1)OCO2)N(Cc1ccncc1)c1ccccc1. The number of nitrogens with zero attached hydrogens (tertiary/aromatic N) is 2. The summed E-state index contributed by atoms with van der Waals surface area (Å²) in [6, 6.07) is 19.2. The van der Waals surface area contributed by atoms with Gasteiger partial charge in [-0.3, -0.25) is 9.78 Å². The molecule has 0 saturated carbocycles. The standard InChI is InChI=1S/C21H18N2O3/c24-21(13-17-6-7-19-20(12-17)26-15-25-19)23(18-4-2-1-3-5-18)14-16-8-10-22-11-9-16/h1-12H,13-15H2. The summed E-state index contributed by atoms with van der Waals surface area (Å²) in [7, 11) is 0. The molecule has 0 spiro atoms. The van der Waals surface area contributed by atoms with Crippen molar-refractivity contribution >= 4 is 11.6 Å². The van der Waals surface area contributed by atoms with Crippen LogP contribution in [-0.2, 0) is 17.8 Å². The molecule has 5 heteroatoms. The number of benzene rings is 2. The highest BCUT2D eigenvalue weighted by Gasteiger charge is 2.19. The molecule has 4 rings (SSSR count). The number of para-hydroxylation sites is 1. The molecule has 26 heavy (non-hydrogen) atoms. The van der Waals surface area contributed by atoms with Gasteiger partial charge in [0.1, 0.15) is 0 Å². The van der Waals surface area contributed by atoms with Gasteiger partial charge in [0.2, 0.25) is 12.7 Å². The molecule has 0 atom stereocenters. The molecule has 0 bridgehead atoms. The Kier molecular flexibility index (Phi) is 4.51. The third kappa shape index (κ3) is 3.52. The second-order valence-electron chi connectivity index (χ2n) is 6.04. The predicted octanol–water partition coefficient (Wildman–Crippen LogP) is 3.59. The van der Waals surface area contributed by atoms with Crippen LogP contribution in [0.3, 0.4) is 0 Å². The number of carbonyl (C=O) groups excluding carboxylic acids is 1. The molecule has 1 aromatic heterocycles. The summed E-state index contributed by atoms with van der Waals surface area (Å²) in [4.78, 5) is 18.9. The van der Waals surface area contributed by atoms with E-state index in [-0.39, 0.29) is 19.1 Å². The fourth-order valence-electron chi connectivity index (χ4n) is 2.92. The fourth-order valence-corrected chi connectivity index (χ4v) is 2.92. The normalized spacial score (nSPS) is 12.0. The summed E-state index contributed by atoms with van der Waals surface area (Å²) in [5.41, 5.74) is 2.80. The number of fused-ring (bicyclic) bond motifs is 1. The molecule has 0 saturated heterocycles. The van der Waals surface area contributed by atoms with Crippen LogP contribution >= 0.6 is 0 Å². The van der Waals surface area contributed by atoms with E-state index >= 15 is 0 Å². The van der Waals surface area contributed by atoms with E-state index in [1.165, 1.54) is 0 Å². The first-order valence-electron chi connectivity index (χ1n) is 8.42. The van der Waals surface area contributed by atoms with Gasteiger partial charge in [-0.25, -0.2) is 0 Å². The van der Waals surface area contributed by atoms with Crippen molar-refractivity contribution in [1.82, 2.24) is 4.98 Å². The van der Waals surface area contributed by atoms with Gasteiger partial charge in [-0.2, -0.15) is 0 Å². The van der Waals surface area contributed by atoms with Crippen LogP contribution in [0.5, 0.6) is 11.5 Å². The van der Waals surface area contributed by atoms with Crippen molar-refractivity contribution in [1.29, 1.82) is 0 Å². The first-order chi connectivity index (χ1) is 12.8. The first-order valence-corrected chi connectivity index (χ1v) is 8.42. The molecule has 5 nitrogen and oxygen atoms in total. The van der Waals surface area contributed by atoms with E-state index in [2.05, 4.69) is 4.98 Å². The Bertz CT molecular complexity index is 898. The number of hydrogen-bond acceptors (Lipinski definition) is 4. The van der Waals surface area contributed by atoms with E-state index in [9.17, 15) is 4.79 Å². The zero-order valence-corrected chi connectivity index (χ0v) is 14.2. The van der Waals surface area contributed by atoms with E-state index in [4.69, 9.17) is 9.47 Å². The van der Waals surface area contributed by atoms with Gasteiger partial charge in [0.05, 0.1) is 13.0 Å². The topological polar surface area (TPSA) is 51.7 Å². The van der Waals surface area contributed by atoms with Crippen molar-refractivity contribution < 1.29 is 14.3 Å². The number of anilines is 1. The van der Waals surface area contributed by atoms with Crippen molar-refractivity contribution in [2.24, 2.45) is 0 Å². The third-order valence-electron chi connectivity index (χ3n) is 4.25. The highest BCUT2D eigenvalue weighted by molar-refractivity contribution is 5.94. The van der Waals surface area contributed by atoms with Crippen LogP contribution in [0, 0.1) is 0 Å². The number of pyridine rings is 1. The zero-order chi connectivity index (χ0) is 17.8. The van der Waals surface area contributed by atoms with Gasteiger partial charge < -0.3 is 14.4 Å². The maximum atomic E-state index is 13.1. The summed E-state index contributed by atoms with van der Waals surface area (Å²) in [5, 5.41) is 0. The summed E-state index contributed by atoms with van der Waals surface area (Å²) < 4.78 is 10.7. The smallest absolute Gasteiger partial charge is 0.231 e. The van der Waals surface area contributed by atoms with Crippen molar-refractivity contribution in [3.63, 3.8) is 0 Å². The van der Waals surface area contributed by atoms with Crippen LogP contribution in [0.4, 0.5) is 5.69 Å². The Morgan fingerprint density at radius 2 is 1.69 bits per heavy atom. The summed E-state index contributed by atoms with van der Waals surface area (Å²) in [5.74, 6) is 1.43. The number of carbonyl (C=O) groups is 1. The third-order valence-corrected chi connectivity index (χ3v) is 4.25. The van der Waals surface area contributed by atoms with Crippen LogP contribution < -0.4 is 14.4 Å². The molecular formula is C21H18N2O3. The molecule has 2 aromatic carbocycles. The lowest BCUT2D eigenvalue weighted by Gasteiger charge is -2.23. The minimum atomic E-state index is 0.0203. The molecule has 1 amide bonds. The molecule has 130 valence electrons. The number of hydrogen-bond donors (Lipinski definition) is 0. The quantitative estimate of drug-likeness (QED) is 0.708. The van der Waals surface area contributed by atoms with Crippen LogP contribution in [0.25, 0.3) is 0 Å². The lowest BCUT2D eigenvalue weighted by molar-refractivity contribution is -0.118. The second-order valence-corrected chi connectivity index (χ2v) is 6.04. The molecule has 1 aliphatic heterocycles. The van der Waals surface area contributed by atoms with Crippen LogP contribution in [0.1, 0.15) is 11.1 Å². The molecule has 1 aliphatic rings. The summed E-state index contributed by atoms with van der Waals surface area (Å²) in [6.07, 6.45) is 3.76. The van der Waals surface area contributed by atoms with E-state index in [1.54, 1.807) is 17.3 Å². The van der Waals surface area contributed by atoms with E-state index in [0.29, 0.717) is 12.3 Å². The van der Waals surface area contributed by atoms with Gasteiger partial charge in [0.15, 0.2) is 11.5 Å². The molecule has 0 aliphatic carbocycles. The van der Waals surface area contributed by atoms with E-state index < -0.39 is 0 Å². The molecule has 0 radical (unpaired) electrons. The van der Waals surface area contributed by atoms with Crippen LogP contribution in [0.15, 0.2) is 73.1 Å². The highest BCUT2D eigenvalue weighted by Crippen LogP contribution is 2.32. The number of aromatic nitrogens is 1. The molecule has 3 aromatic rings. The van der Waals surface area contributed by atoms with Gasteiger partial charge >= 0.3 is 0 Å².